The molecule has 0 radical (unpaired) electrons. The Labute approximate surface area is 130 Å². The molecule has 1 aromatic heterocycles. The number of fused-ring (bicyclic) bond motifs is 1. The van der Waals surface area contributed by atoms with Gasteiger partial charge in [0.15, 0.2) is 0 Å². The molecule has 2 nitrogen and oxygen atoms in total. The molecule has 4 heteroatoms. The van der Waals surface area contributed by atoms with E-state index in [4.69, 9.17) is 5.73 Å². The van der Waals surface area contributed by atoms with Gasteiger partial charge in [-0.3, -0.25) is 0 Å². The molecule has 0 aliphatic carbocycles. The minimum atomic E-state index is -0.286. The Morgan fingerprint density at radius 3 is 2.71 bits per heavy atom. The topological polar surface area (TPSA) is 38.9 Å². The number of nitrogens with zero attached hydrogens (tertiary/aromatic N) is 1. The summed E-state index contributed by atoms with van der Waals surface area (Å²) in [5, 5.41) is 1.06. The van der Waals surface area contributed by atoms with E-state index >= 15 is 0 Å². The summed E-state index contributed by atoms with van der Waals surface area (Å²) >= 11 is 3.53. The van der Waals surface area contributed by atoms with Crippen LogP contribution in [0.25, 0.3) is 10.9 Å². The van der Waals surface area contributed by atoms with E-state index in [0.717, 1.165) is 26.6 Å². The monoisotopic (exact) mass is 344 g/mol. The van der Waals surface area contributed by atoms with Crippen LogP contribution in [0.15, 0.2) is 59.1 Å². The molecule has 0 spiro atoms. The normalized spacial score (nSPS) is 12.5. The van der Waals surface area contributed by atoms with E-state index in [2.05, 4.69) is 20.9 Å². The molecule has 0 saturated heterocycles. The fraction of sp³-hybridized carbons (Fsp3) is 0.118. The van der Waals surface area contributed by atoms with Gasteiger partial charge in [0.05, 0.1) is 17.3 Å². The summed E-state index contributed by atoms with van der Waals surface area (Å²) in [6, 6.07) is 16.1. The smallest absolute Gasteiger partial charge is 0.123 e. The molecule has 106 valence electrons. The Balaban J connectivity index is 1.93. The van der Waals surface area contributed by atoms with Crippen LogP contribution in [0.4, 0.5) is 4.39 Å². The van der Waals surface area contributed by atoms with Crippen molar-refractivity contribution in [3.8, 4) is 0 Å². The first kappa shape index (κ1) is 14.2. The van der Waals surface area contributed by atoms with Gasteiger partial charge in [0, 0.05) is 9.86 Å². The lowest BCUT2D eigenvalue weighted by Crippen LogP contribution is -2.16. The first-order valence-electron chi connectivity index (χ1n) is 6.69. The maximum atomic E-state index is 13.2. The van der Waals surface area contributed by atoms with E-state index in [-0.39, 0.29) is 11.9 Å². The van der Waals surface area contributed by atoms with Crippen LogP contribution >= 0.6 is 15.9 Å². The third-order valence-electron chi connectivity index (χ3n) is 3.40. The average Bonchev–Trinajstić information content (AvgIpc) is 2.46. The maximum absolute atomic E-state index is 13.2. The van der Waals surface area contributed by atoms with E-state index in [1.54, 1.807) is 6.07 Å². The Kier molecular flexibility index (Phi) is 3.99. The predicted octanol–water partition coefficient (Wildman–Crippen LogP) is 4.38. The maximum Gasteiger partial charge on any atom is 0.123 e. The van der Waals surface area contributed by atoms with Crippen LogP contribution in [0, 0.1) is 5.82 Å². The van der Waals surface area contributed by atoms with Crippen molar-refractivity contribution in [2.45, 2.75) is 12.5 Å². The second-order valence-electron chi connectivity index (χ2n) is 4.99. The van der Waals surface area contributed by atoms with Crippen LogP contribution in [0.2, 0.25) is 0 Å². The van der Waals surface area contributed by atoms with Crippen LogP contribution < -0.4 is 5.73 Å². The molecule has 0 aliphatic rings. The van der Waals surface area contributed by atoms with Crippen LogP contribution in [-0.2, 0) is 6.42 Å². The summed E-state index contributed by atoms with van der Waals surface area (Å²) in [5.74, 6) is -0.245. The second-order valence-corrected chi connectivity index (χ2v) is 5.84. The van der Waals surface area contributed by atoms with Crippen LogP contribution in [-0.4, -0.2) is 4.98 Å². The molecule has 0 fully saturated rings. The van der Waals surface area contributed by atoms with Crippen molar-refractivity contribution in [3.63, 3.8) is 0 Å². The van der Waals surface area contributed by atoms with E-state index in [9.17, 15) is 4.39 Å². The summed E-state index contributed by atoms with van der Waals surface area (Å²) in [7, 11) is 0. The summed E-state index contributed by atoms with van der Waals surface area (Å²) < 4.78 is 14.1. The molecular formula is C17H14BrFN2. The number of benzene rings is 2. The molecule has 0 bridgehead atoms. The van der Waals surface area contributed by atoms with Gasteiger partial charge in [-0.05, 0) is 52.2 Å². The Hall–Kier alpha value is -1.78. The van der Waals surface area contributed by atoms with Crippen molar-refractivity contribution in [3.05, 3.63) is 76.1 Å². The lowest BCUT2D eigenvalue weighted by Gasteiger charge is -2.14. The van der Waals surface area contributed by atoms with Gasteiger partial charge in [0.2, 0.25) is 0 Å². The molecule has 2 N–H and O–H groups in total. The van der Waals surface area contributed by atoms with Gasteiger partial charge in [0.1, 0.15) is 5.82 Å². The lowest BCUT2D eigenvalue weighted by atomic mass is 10.0. The molecule has 0 aliphatic heterocycles. The molecule has 0 amide bonds. The molecule has 2 aromatic carbocycles. The molecule has 3 rings (SSSR count). The van der Waals surface area contributed by atoms with Crippen molar-refractivity contribution in [2.75, 3.05) is 0 Å². The SMILES string of the molecule is NC(Cc1cccc(F)c1)c1nc2ccccc2cc1Br. The zero-order chi connectivity index (χ0) is 14.8. The second kappa shape index (κ2) is 5.92. The summed E-state index contributed by atoms with van der Waals surface area (Å²) in [4.78, 5) is 4.63. The van der Waals surface area contributed by atoms with Gasteiger partial charge in [-0.25, -0.2) is 9.37 Å². The number of hydrogen-bond donors (Lipinski definition) is 1. The van der Waals surface area contributed by atoms with Gasteiger partial charge >= 0.3 is 0 Å². The highest BCUT2D eigenvalue weighted by Crippen LogP contribution is 2.26. The number of pyridine rings is 1. The number of hydrogen-bond acceptors (Lipinski definition) is 2. The van der Waals surface area contributed by atoms with Crippen molar-refractivity contribution in [1.82, 2.24) is 4.98 Å². The predicted molar refractivity (Wildman–Crippen MR) is 86.5 cm³/mol. The summed E-state index contributed by atoms with van der Waals surface area (Å²) in [5.41, 5.74) is 8.82. The average molecular weight is 345 g/mol. The highest BCUT2D eigenvalue weighted by atomic mass is 79.9. The van der Waals surface area contributed by atoms with Crippen LogP contribution in [0.5, 0.6) is 0 Å². The lowest BCUT2D eigenvalue weighted by molar-refractivity contribution is 0.621. The summed E-state index contributed by atoms with van der Waals surface area (Å²) in [6.07, 6.45) is 0.543. The van der Waals surface area contributed by atoms with Crippen molar-refractivity contribution >= 4 is 26.8 Å². The van der Waals surface area contributed by atoms with Gasteiger partial charge < -0.3 is 5.73 Å². The third kappa shape index (κ3) is 3.12. The van der Waals surface area contributed by atoms with E-state index in [1.165, 1.54) is 12.1 Å². The number of para-hydroxylation sites is 1. The quantitative estimate of drug-likeness (QED) is 0.765. The first-order valence-corrected chi connectivity index (χ1v) is 7.48. The summed E-state index contributed by atoms with van der Waals surface area (Å²) in [6.45, 7) is 0. The standard InChI is InChI=1S/C17H14BrFN2/c18-14-10-12-5-1-2-7-16(12)21-17(14)15(20)9-11-4-3-6-13(19)8-11/h1-8,10,15H,9,20H2. The Bertz CT molecular complexity index is 789. The van der Waals surface area contributed by atoms with Gasteiger partial charge in [-0.15, -0.1) is 0 Å². The largest absolute Gasteiger partial charge is 0.322 e. The number of aromatic nitrogens is 1. The molecule has 0 saturated carbocycles. The fourth-order valence-corrected chi connectivity index (χ4v) is 3.01. The van der Waals surface area contributed by atoms with E-state index in [0.29, 0.717) is 6.42 Å². The Morgan fingerprint density at radius 2 is 1.90 bits per heavy atom. The Morgan fingerprint density at radius 1 is 1.10 bits per heavy atom. The zero-order valence-electron chi connectivity index (χ0n) is 11.3. The highest BCUT2D eigenvalue weighted by molar-refractivity contribution is 9.10. The minimum Gasteiger partial charge on any atom is -0.322 e. The fourth-order valence-electron chi connectivity index (χ4n) is 2.38. The number of rotatable bonds is 3. The van der Waals surface area contributed by atoms with Crippen molar-refractivity contribution < 1.29 is 4.39 Å². The zero-order valence-corrected chi connectivity index (χ0v) is 12.8. The first-order chi connectivity index (χ1) is 10.1. The number of halogens is 2. The van der Waals surface area contributed by atoms with Gasteiger partial charge in [0.25, 0.3) is 0 Å². The van der Waals surface area contributed by atoms with Crippen molar-refractivity contribution in [2.24, 2.45) is 5.73 Å². The molecule has 1 atom stereocenters. The van der Waals surface area contributed by atoms with E-state index < -0.39 is 0 Å². The highest BCUT2D eigenvalue weighted by Gasteiger charge is 2.14. The van der Waals surface area contributed by atoms with E-state index in [1.807, 2.05) is 36.4 Å². The van der Waals surface area contributed by atoms with Gasteiger partial charge in [-0.1, -0.05) is 30.3 Å². The third-order valence-corrected chi connectivity index (χ3v) is 4.04. The molecule has 3 aromatic rings. The van der Waals surface area contributed by atoms with Crippen molar-refractivity contribution in [1.29, 1.82) is 0 Å². The molecular weight excluding hydrogens is 331 g/mol. The van der Waals surface area contributed by atoms with Crippen LogP contribution in [0.3, 0.4) is 0 Å². The molecule has 1 heterocycles. The molecule has 1 unspecified atom stereocenters. The van der Waals surface area contributed by atoms with Gasteiger partial charge in [-0.2, -0.15) is 0 Å². The van der Waals surface area contributed by atoms with Crippen LogP contribution in [0.1, 0.15) is 17.3 Å². The molecule has 21 heavy (non-hydrogen) atoms. The minimum absolute atomic E-state index is 0.245. The number of nitrogens with two attached hydrogens (primary N) is 1.